The van der Waals surface area contributed by atoms with Crippen molar-refractivity contribution >= 4 is 51.4 Å². The molecule has 0 radical (unpaired) electrons. The molecule has 0 aromatic heterocycles. The van der Waals surface area contributed by atoms with Gasteiger partial charge in [-0.3, -0.25) is 0 Å². The van der Waals surface area contributed by atoms with Gasteiger partial charge >= 0.3 is 0 Å². The van der Waals surface area contributed by atoms with Crippen LogP contribution in [0.3, 0.4) is 0 Å². The van der Waals surface area contributed by atoms with Gasteiger partial charge in [-0.05, 0) is 75.9 Å². The van der Waals surface area contributed by atoms with Gasteiger partial charge in [0.05, 0.1) is 31.6 Å². The maximum absolute atomic E-state index is 9.03. The molecule has 0 atom stereocenters. The van der Waals surface area contributed by atoms with Crippen molar-refractivity contribution in [1.82, 2.24) is 0 Å². The predicted molar refractivity (Wildman–Crippen MR) is 107 cm³/mol. The molecular weight excluding hydrogens is 518 g/mol. The van der Waals surface area contributed by atoms with Crippen LogP contribution in [0.25, 0.3) is 0 Å². The zero-order valence-corrected chi connectivity index (χ0v) is 16.7. The smallest absolute Gasteiger partial charge is 0.145 e. The van der Waals surface area contributed by atoms with E-state index < -0.39 is 0 Å². The summed E-state index contributed by atoms with van der Waals surface area (Å²) in [6, 6.07) is 13.4. The molecule has 0 N–H and O–H groups in total. The maximum Gasteiger partial charge on any atom is 0.145 e. The minimum absolute atomic E-state index is 0.269. The van der Waals surface area contributed by atoms with Crippen LogP contribution in [0.15, 0.2) is 41.6 Å². The van der Waals surface area contributed by atoms with Crippen LogP contribution in [-0.4, -0.2) is 12.8 Å². The van der Waals surface area contributed by atoms with E-state index in [1.165, 1.54) is 0 Å². The number of ether oxygens (including phenoxy) is 1. The van der Waals surface area contributed by atoms with Gasteiger partial charge in [-0.15, -0.1) is 0 Å². The van der Waals surface area contributed by atoms with Crippen LogP contribution in [0.4, 0.5) is 0 Å². The summed E-state index contributed by atoms with van der Waals surface area (Å²) in [6.07, 6.45) is 1.66. The Morgan fingerprint density at radius 3 is 2.57 bits per heavy atom. The third kappa shape index (κ3) is 5.07. The van der Waals surface area contributed by atoms with Gasteiger partial charge < -0.3 is 9.57 Å². The van der Waals surface area contributed by atoms with Crippen molar-refractivity contribution in [2.24, 2.45) is 5.16 Å². The lowest BCUT2D eigenvalue weighted by atomic mass is 10.1. The van der Waals surface area contributed by atoms with Crippen LogP contribution in [0.5, 0.6) is 5.75 Å². The van der Waals surface area contributed by atoms with Crippen molar-refractivity contribution in [2.75, 3.05) is 6.61 Å². The first-order valence-corrected chi connectivity index (χ1v) is 9.06. The molecule has 6 heteroatoms. The normalized spacial score (nSPS) is 10.5. The first-order chi connectivity index (χ1) is 11.2. The molecule has 0 saturated carbocycles. The monoisotopic (exact) mass is 532 g/mol. The van der Waals surface area contributed by atoms with Gasteiger partial charge in [0, 0.05) is 5.56 Å². The van der Waals surface area contributed by atoms with E-state index in [2.05, 4.69) is 56.4 Å². The van der Waals surface area contributed by atoms with Crippen molar-refractivity contribution < 1.29 is 9.57 Å². The Morgan fingerprint density at radius 2 is 1.91 bits per heavy atom. The van der Waals surface area contributed by atoms with E-state index in [0.717, 1.165) is 24.0 Å². The van der Waals surface area contributed by atoms with Gasteiger partial charge in [0.2, 0.25) is 0 Å². The predicted octanol–water partition coefficient (Wildman–Crippen LogP) is 4.72. The number of oxime groups is 1. The van der Waals surface area contributed by atoms with E-state index in [9.17, 15) is 0 Å². The Balaban J connectivity index is 2.03. The van der Waals surface area contributed by atoms with Gasteiger partial charge in [-0.2, -0.15) is 5.26 Å². The molecular formula is C17H14I2N2O2. The van der Waals surface area contributed by atoms with E-state index in [-0.39, 0.29) is 6.61 Å². The molecule has 2 rings (SSSR count). The summed E-state index contributed by atoms with van der Waals surface area (Å²) in [5, 5.41) is 13.0. The molecule has 0 spiro atoms. The van der Waals surface area contributed by atoms with Gasteiger partial charge in [0.15, 0.2) is 0 Å². The van der Waals surface area contributed by atoms with Crippen molar-refractivity contribution in [3.8, 4) is 11.8 Å². The minimum atomic E-state index is 0.269. The third-order valence-electron chi connectivity index (χ3n) is 2.94. The van der Waals surface area contributed by atoms with Gasteiger partial charge in [-0.25, -0.2) is 0 Å². The Hall–Kier alpha value is -1.34. The third-order valence-corrected chi connectivity index (χ3v) is 4.55. The van der Waals surface area contributed by atoms with Gasteiger partial charge in [0.25, 0.3) is 0 Å². The Labute approximate surface area is 162 Å². The van der Waals surface area contributed by atoms with Gasteiger partial charge in [-0.1, -0.05) is 23.4 Å². The maximum atomic E-state index is 9.03. The number of hydrogen-bond acceptors (Lipinski definition) is 4. The average Bonchev–Trinajstić information content (AvgIpc) is 2.55. The van der Waals surface area contributed by atoms with Gasteiger partial charge in [0.1, 0.15) is 12.4 Å². The van der Waals surface area contributed by atoms with Crippen molar-refractivity contribution in [2.45, 2.75) is 13.5 Å². The van der Waals surface area contributed by atoms with Crippen molar-refractivity contribution in [3.63, 3.8) is 0 Å². The summed E-state index contributed by atoms with van der Waals surface area (Å²) in [7, 11) is 0. The van der Waals surface area contributed by atoms with Crippen molar-refractivity contribution in [1.29, 1.82) is 5.26 Å². The molecule has 0 amide bonds. The average molecular weight is 532 g/mol. The first kappa shape index (κ1) is 18.0. The second kappa shape index (κ2) is 9.08. The van der Waals surface area contributed by atoms with Crippen LogP contribution < -0.4 is 4.74 Å². The highest BCUT2D eigenvalue weighted by molar-refractivity contribution is 14.1. The molecule has 0 unspecified atom stereocenters. The molecule has 4 nitrogen and oxygen atoms in total. The lowest BCUT2D eigenvalue weighted by Gasteiger charge is -2.09. The second-order valence-electron chi connectivity index (χ2n) is 4.52. The summed E-state index contributed by atoms with van der Waals surface area (Å²) in [5.74, 6) is 0.898. The summed E-state index contributed by atoms with van der Waals surface area (Å²) < 4.78 is 7.68. The summed E-state index contributed by atoms with van der Waals surface area (Å²) in [4.78, 5) is 5.31. The number of nitriles is 1. The molecule has 0 fully saturated rings. The zero-order valence-electron chi connectivity index (χ0n) is 12.4. The number of hydrogen-bond donors (Lipinski definition) is 0. The molecule has 0 aliphatic carbocycles. The first-order valence-electron chi connectivity index (χ1n) is 6.91. The SMILES string of the molecule is CCOc1c(I)cc(/C=N\OCc2ccccc2C#N)cc1I. The Bertz CT molecular complexity index is 731. The largest absolute Gasteiger partial charge is 0.492 e. The van der Waals surface area contributed by atoms with E-state index in [0.29, 0.717) is 12.2 Å². The van der Waals surface area contributed by atoms with Crippen LogP contribution in [0.1, 0.15) is 23.6 Å². The molecule has 2 aromatic rings. The summed E-state index contributed by atoms with van der Waals surface area (Å²) in [6.45, 7) is 2.88. The number of halogens is 2. The molecule has 0 saturated heterocycles. The van der Waals surface area contributed by atoms with Crippen LogP contribution >= 0.6 is 45.2 Å². The van der Waals surface area contributed by atoms with E-state index >= 15 is 0 Å². The lowest BCUT2D eigenvalue weighted by molar-refractivity contribution is 0.132. The van der Waals surface area contributed by atoms with Crippen LogP contribution in [0, 0.1) is 18.5 Å². The fraction of sp³-hybridized carbons (Fsp3) is 0.176. The highest BCUT2D eigenvalue weighted by Crippen LogP contribution is 2.28. The molecule has 0 heterocycles. The molecule has 0 bridgehead atoms. The molecule has 118 valence electrons. The lowest BCUT2D eigenvalue weighted by Crippen LogP contribution is -1.98. The quantitative estimate of drug-likeness (QED) is 0.308. The fourth-order valence-electron chi connectivity index (χ4n) is 1.90. The van der Waals surface area contributed by atoms with Crippen LogP contribution in [0.2, 0.25) is 0 Å². The molecule has 2 aromatic carbocycles. The topological polar surface area (TPSA) is 54.6 Å². The molecule has 0 aliphatic rings. The number of nitrogens with zero attached hydrogens (tertiary/aromatic N) is 2. The standard InChI is InChI=1S/C17H14I2N2O2/c1-2-22-17-15(18)7-12(8-16(17)19)10-21-23-11-14-6-4-3-5-13(14)9-20/h3-8,10H,2,11H2,1H3/b21-10-. The van der Waals surface area contributed by atoms with E-state index in [1.807, 2.05) is 37.3 Å². The van der Waals surface area contributed by atoms with E-state index in [4.69, 9.17) is 14.8 Å². The minimum Gasteiger partial charge on any atom is -0.492 e. The summed E-state index contributed by atoms with van der Waals surface area (Å²) >= 11 is 4.49. The highest BCUT2D eigenvalue weighted by Gasteiger charge is 2.07. The summed E-state index contributed by atoms with van der Waals surface area (Å²) in [5.41, 5.74) is 2.37. The zero-order chi connectivity index (χ0) is 16.7. The fourth-order valence-corrected chi connectivity index (χ4v) is 4.02. The van der Waals surface area contributed by atoms with E-state index in [1.54, 1.807) is 12.3 Å². The molecule has 23 heavy (non-hydrogen) atoms. The number of benzene rings is 2. The Kier molecular flexibility index (Phi) is 7.11. The second-order valence-corrected chi connectivity index (χ2v) is 6.85. The van der Waals surface area contributed by atoms with Crippen molar-refractivity contribution in [3.05, 3.63) is 60.2 Å². The highest BCUT2D eigenvalue weighted by atomic mass is 127. The molecule has 0 aliphatic heterocycles. The Morgan fingerprint density at radius 1 is 1.22 bits per heavy atom. The van der Waals surface area contributed by atoms with Crippen LogP contribution in [-0.2, 0) is 11.4 Å². The number of rotatable bonds is 6.